The maximum Gasteiger partial charge on any atom is 0.240 e. The van der Waals surface area contributed by atoms with Crippen LogP contribution in [-0.4, -0.2) is 33.5 Å². The zero-order valence-corrected chi connectivity index (χ0v) is 14.7. The standard InChI is InChI=1S/C15H26N2O2S2/c1-4-16-13(2)14-8-7-9-15(12-14)21(18,19)17-10-5-6-11-20-3/h7-9,12-13,16-17H,4-6,10-11H2,1-3H3. The molecule has 0 heterocycles. The SMILES string of the molecule is CCNC(C)c1cccc(S(=O)(=O)NCCCCSC)c1. The summed E-state index contributed by atoms with van der Waals surface area (Å²) < 4.78 is 27.2. The van der Waals surface area contributed by atoms with E-state index in [1.165, 1.54) is 0 Å². The van der Waals surface area contributed by atoms with Crippen molar-refractivity contribution in [1.29, 1.82) is 0 Å². The summed E-state index contributed by atoms with van der Waals surface area (Å²) >= 11 is 1.78. The summed E-state index contributed by atoms with van der Waals surface area (Å²) in [6.45, 7) is 5.42. The van der Waals surface area contributed by atoms with Gasteiger partial charge in [0.15, 0.2) is 0 Å². The fourth-order valence-corrected chi connectivity index (χ4v) is 3.66. The number of benzene rings is 1. The Morgan fingerprint density at radius 3 is 2.71 bits per heavy atom. The van der Waals surface area contributed by atoms with Gasteiger partial charge in [-0.15, -0.1) is 0 Å². The summed E-state index contributed by atoms with van der Waals surface area (Å²) in [5.74, 6) is 1.07. The van der Waals surface area contributed by atoms with Gasteiger partial charge in [-0.25, -0.2) is 13.1 Å². The molecule has 0 aliphatic rings. The Bertz CT molecular complexity index is 518. The molecule has 0 saturated carbocycles. The monoisotopic (exact) mass is 330 g/mol. The average Bonchev–Trinajstić information content (AvgIpc) is 2.47. The molecule has 1 unspecified atom stereocenters. The van der Waals surface area contributed by atoms with Gasteiger partial charge in [0.05, 0.1) is 4.90 Å². The minimum Gasteiger partial charge on any atom is -0.310 e. The van der Waals surface area contributed by atoms with Crippen molar-refractivity contribution in [2.45, 2.75) is 37.6 Å². The first-order chi connectivity index (χ1) is 10.0. The Labute approximate surface area is 133 Å². The first-order valence-electron chi connectivity index (χ1n) is 7.33. The third kappa shape index (κ3) is 6.38. The van der Waals surface area contributed by atoms with E-state index in [1.54, 1.807) is 30.0 Å². The molecule has 1 aromatic rings. The molecule has 4 nitrogen and oxygen atoms in total. The Morgan fingerprint density at radius 2 is 2.05 bits per heavy atom. The molecular formula is C15H26N2O2S2. The molecule has 21 heavy (non-hydrogen) atoms. The van der Waals surface area contributed by atoms with Crippen molar-refractivity contribution in [2.75, 3.05) is 25.1 Å². The summed E-state index contributed by atoms with van der Waals surface area (Å²) in [4.78, 5) is 0.342. The summed E-state index contributed by atoms with van der Waals surface area (Å²) in [6, 6.07) is 7.28. The van der Waals surface area contributed by atoms with Crippen molar-refractivity contribution >= 4 is 21.8 Å². The predicted octanol–water partition coefficient (Wildman–Crippen LogP) is 2.78. The topological polar surface area (TPSA) is 58.2 Å². The lowest BCUT2D eigenvalue weighted by molar-refractivity contribution is 0.576. The molecule has 0 fully saturated rings. The van der Waals surface area contributed by atoms with Gasteiger partial charge in [0.1, 0.15) is 0 Å². The third-order valence-corrected chi connectivity index (χ3v) is 5.40. The van der Waals surface area contributed by atoms with Crippen molar-refractivity contribution < 1.29 is 8.42 Å². The number of unbranched alkanes of at least 4 members (excludes halogenated alkanes) is 1. The minimum absolute atomic E-state index is 0.145. The van der Waals surface area contributed by atoms with Crippen LogP contribution >= 0.6 is 11.8 Å². The van der Waals surface area contributed by atoms with Gasteiger partial charge in [-0.05, 0) is 56.0 Å². The highest BCUT2D eigenvalue weighted by Crippen LogP contribution is 2.17. The summed E-state index contributed by atoms with van der Waals surface area (Å²) in [6.07, 6.45) is 3.95. The molecule has 0 bridgehead atoms. The predicted molar refractivity (Wildman–Crippen MR) is 91.3 cm³/mol. The molecule has 120 valence electrons. The van der Waals surface area contributed by atoms with E-state index >= 15 is 0 Å². The van der Waals surface area contributed by atoms with Crippen LogP contribution in [0.1, 0.15) is 38.3 Å². The molecule has 0 saturated heterocycles. The van der Waals surface area contributed by atoms with E-state index in [1.807, 2.05) is 19.9 Å². The maximum absolute atomic E-state index is 12.3. The Morgan fingerprint density at radius 1 is 1.29 bits per heavy atom. The van der Waals surface area contributed by atoms with Crippen LogP contribution in [0.25, 0.3) is 0 Å². The van der Waals surface area contributed by atoms with Gasteiger partial charge in [0.25, 0.3) is 0 Å². The molecule has 0 radical (unpaired) electrons. The van der Waals surface area contributed by atoms with Gasteiger partial charge in [-0.3, -0.25) is 0 Å². The number of nitrogens with one attached hydrogen (secondary N) is 2. The second-order valence-corrected chi connectivity index (χ2v) is 7.70. The van der Waals surface area contributed by atoms with Crippen LogP contribution in [0, 0.1) is 0 Å². The van der Waals surface area contributed by atoms with E-state index in [9.17, 15) is 8.42 Å². The highest BCUT2D eigenvalue weighted by atomic mass is 32.2. The number of thioether (sulfide) groups is 1. The number of sulfonamides is 1. The number of rotatable bonds is 10. The van der Waals surface area contributed by atoms with Crippen LogP contribution in [0.3, 0.4) is 0 Å². The van der Waals surface area contributed by atoms with E-state index in [0.29, 0.717) is 11.4 Å². The van der Waals surface area contributed by atoms with Gasteiger partial charge in [-0.2, -0.15) is 11.8 Å². The van der Waals surface area contributed by atoms with E-state index in [2.05, 4.69) is 16.3 Å². The highest BCUT2D eigenvalue weighted by molar-refractivity contribution is 7.98. The average molecular weight is 331 g/mol. The van der Waals surface area contributed by atoms with Crippen molar-refractivity contribution in [2.24, 2.45) is 0 Å². The van der Waals surface area contributed by atoms with Gasteiger partial charge >= 0.3 is 0 Å². The zero-order chi connectivity index (χ0) is 15.7. The lowest BCUT2D eigenvalue weighted by atomic mass is 10.1. The Kier molecular flexibility index (Phi) is 8.33. The van der Waals surface area contributed by atoms with Crippen molar-refractivity contribution in [3.05, 3.63) is 29.8 Å². The molecule has 1 aromatic carbocycles. The second kappa shape index (κ2) is 9.46. The molecule has 1 rings (SSSR count). The van der Waals surface area contributed by atoms with Crippen molar-refractivity contribution in [3.8, 4) is 0 Å². The van der Waals surface area contributed by atoms with Crippen LogP contribution < -0.4 is 10.0 Å². The van der Waals surface area contributed by atoms with Crippen LogP contribution in [0.5, 0.6) is 0 Å². The van der Waals surface area contributed by atoms with Gasteiger partial charge < -0.3 is 5.32 Å². The van der Waals surface area contributed by atoms with Crippen LogP contribution in [0.2, 0.25) is 0 Å². The molecule has 0 aliphatic carbocycles. The van der Waals surface area contributed by atoms with E-state index in [4.69, 9.17) is 0 Å². The van der Waals surface area contributed by atoms with E-state index in [0.717, 1.165) is 30.7 Å². The lowest BCUT2D eigenvalue weighted by Gasteiger charge is -2.14. The molecule has 0 aliphatic heterocycles. The third-order valence-electron chi connectivity index (χ3n) is 3.25. The van der Waals surface area contributed by atoms with Gasteiger partial charge in [-0.1, -0.05) is 19.1 Å². The summed E-state index contributed by atoms with van der Waals surface area (Å²) in [5.41, 5.74) is 0.988. The molecule has 1 atom stereocenters. The smallest absolute Gasteiger partial charge is 0.240 e. The maximum atomic E-state index is 12.3. The fourth-order valence-electron chi connectivity index (χ4n) is 2.04. The normalized spacial score (nSPS) is 13.3. The van der Waals surface area contributed by atoms with Crippen LogP contribution in [0.15, 0.2) is 29.2 Å². The van der Waals surface area contributed by atoms with E-state index in [-0.39, 0.29) is 6.04 Å². The molecule has 0 aromatic heterocycles. The number of hydrogen-bond donors (Lipinski definition) is 2. The fraction of sp³-hybridized carbons (Fsp3) is 0.600. The van der Waals surface area contributed by atoms with Gasteiger partial charge in [0, 0.05) is 12.6 Å². The molecular weight excluding hydrogens is 304 g/mol. The summed E-state index contributed by atoms with van der Waals surface area (Å²) in [5, 5.41) is 3.29. The minimum atomic E-state index is -3.40. The quantitative estimate of drug-likeness (QED) is 0.648. The second-order valence-electron chi connectivity index (χ2n) is 4.95. The van der Waals surface area contributed by atoms with Gasteiger partial charge in [0.2, 0.25) is 10.0 Å². The molecule has 2 N–H and O–H groups in total. The molecule has 6 heteroatoms. The Hall–Kier alpha value is -0.560. The lowest BCUT2D eigenvalue weighted by Crippen LogP contribution is -2.25. The first-order valence-corrected chi connectivity index (χ1v) is 10.2. The zero-order valence-electron chi connectivity index (χ0n) is 13.1. The highest BCUT2D eigenvalue weighted by Gasteiger charge is 2.15. The van der Waals surface area contributed by atoms with E-state index < -0.39 is 10.0 Å². The van der Waals surface area contributed by atoms with Crippen LogP contribution in [-0.2, 0) is 10.0 Å². The number of hydrogen-bond acceptors (Lipinski definition) is 4. The van der Waals surface area contributed by atoms with Crippen LogP contribution in [0.4, 0.5) is 0 Å². The summed E-state index contributed by atoms with van der Waals surface area (Å²) in [7, 11) is -3.40. The first kappa shape index (κ1) is 18.5. The molecule has 0 amide bonds. The molecule has 0 spiro atoms. The van der Waals surface area contributed by atoms with Crippen molar-refractivity contribution in [3.63, 3.8) is 0 Å². The largest absolute Gasteiger partial charge is 0.310 e. The van der Waals surface area contributed by atoms with Crippen molar-refractivity contribution in [1.82, 2.24) is 10.0 Å². The Balaban J connectivity index is 2.68.